The van der Waals surface area contributed by atoms with Crippen LogP contribution in [0.1, 0.15) is 22.8 Å². The van der Waals surface area contributed by atoms with E-state index in [1.165, 1.54) is 0 Å². The Kier molecular flexibility index (Phi) is 12.3. The molecule has 5 heterocycles. The van der Waals surface area contributed by atoms with Crippen molar-refractivity contribution < 1.29 is 101 Å². The minimum absolute atomic E-state index is 0.939. The first-order valence-electron chi connectivity index (χ1n) is 18.3. The van der Waals surface area contributed by atoms with Crippen LogP contribution in [0.2, 0.25) is 0 Å². The number of aromatic nitrogens is 4. The fourth-order valence-corrected chi connectivity index (χ4v) is 12.2. The van der Waals surface area contributed by atoms with Crippen LogP contribution in [0.5, 0.6) is 0 Å². The van der Waals surface area contributed by atoms with Crippen LogP contribution in [0.4, 0.5) is 87.8 Å². The molecule has 2 aliphatic heterocycles. The molecule has 2 aliphatic rings. The fourth-order valence-electron chi connectivity index (χ4n) is 6.70. The van der Waals surface area contributed by atoms with Crippen molar-refractivity contribution >= 4 is 64.2 Å². The van der Waals surface area contributed by atoms with Gasteiger partial charge in [-0.3, -0.25) is 0 Å². The molecule has 0 amide bonds. The number of benzene rings is 4. The van der Waals surface area contributed by atoms with Crippen molar-refractivity contribution in [1.82, 2.24) is 19.9 Å². The zero-order valence-electron chi connectivity index (χ0n) is 32.7. The molecule has 8 bridgehead atoms. The predicted octanol–water partition coefficient (Wildman–Crippen LogP) is 10.9. The summed E-state index contributed by atoms with van der Waals surface area (Å²) < 4.78 is 280. The molecule has 0 radical (unpaired) electrons. The van der Waals surface area contributed by atoms with E-state index in [0.717, 1.165) is 44.8 Å². The van der Waals surface area contributed by atoms with Gasteiger partial charge in [-0.05, 0) is 72.8 Å². The molecule has 0 aliphatic carbocycles. The number of halogens is 20. The molecular weight excluding hydrogens is 1020 g/mol. The van der Waals surface area contributed by atoms with Crippen LogP contribution in [-0.2, 0) is 12.8 Å². The number of nitrogens with zero attached hydrogens (tertiary/aromatic N) is 2. The van der Waals surface area contributed by atoms with Gasteiger partial charge in [-0.15, -0.1) is 0 Å². The summed E-state index contributed by atoms with van der Waals surface area (Å²) in [7, 11) is 0. The van der Waals surface area contributed by atoms with Crippen LogP contribution < -0.4 is 17.8 Å². The molecule has 9 rings (SSSR count). The second-order valence-electron chi connectivity index (χ2n) is 13.9. The Balaban J connectivity index is 0.000000221. The van der Waals surface area contributed by atoms with Gasteiger partial charge < -0.3 is 9.97 Å². The second-order valence-corrected chi connectivity index (χ2v) is 17.8. The average molecular weight is 1030 g/mol. The third-order valence-electron chi connectivity index (χ3n) is 9.68. The van der Waals surface area contributed by atoms with Gasteiger partial charge in [0, 0.05) is 22.1 Å². The quantitative estimate of drug-likeness (QED) is 0.0799. The maximum absolute atomic E-state index is 15.4. The summed E-state index contributed by atoms with van der Waals surface area (Å²) in [5.74, 6) is -71.0. The third-order valence-corrected chi connectivity index (χ3v) is 14.9. The molecule has 0 unspecified atom stereocenters. The minimum atomic E-state index is -8.34. The molecule has 0 fully saturated rings. The van der Waals surface area contributed by atoms with E-state index < -0.39 is 147 Å². The SMILES string of the molecule is C1=Cc2cc3ccc(cc4nc(cc5ccc(cc1n2)[nH]5)C=C4)[nH]3.Fc1c(F)c(F)[c]([Fe]([c]2c(F)c(F)c(F)c(F)c2F)([c]2c(F)c(F)c(F)c(F)c2F)[c]2c(F)c(F)c(F)c(F)c2F)c(F)c1F. The molecule has 4 nitrogen and oxygen atoms in total. The van der Waals surface area contributed by atoms with E-state index in [9.17, 15) is 52.7 Å². The molecule has 0 spiro atoms. The van der Waals surface area contributed by atoms with Crippen molar-refractivity contribution in [2.24, 2.45) is 0 Å². The van der Waals surface area contributed by atoms with E-state index in [1.54, 1.807) is 0 Å². The number of nitrogens with one attached hydrogen (secondary N) is 2. The Morgan fingerprint density at radius 3 is 0.580 bits per heavy atom. The van der Waals surface area contributed by atoms with Gasteiger partial charge in [0.2, 0.25) is 0 Å². The Bertz CT molecular complexity index is 3030. The Labute approximate surface area is 371 Å². The summed E-state index contributed by atoms with van der Waals surface area (Å²) in [4.78, 5) is 16.0. The monoisotopic (exact) mass is 1030 g/mol. The van der Waals surface area contributed by atoms with E-state index in [4.69, 9.17) is 0 Å². The van der Waals surface area contributed by atoms with Gasteiger partial charge in [0.05, 0.1) is 22.8 Å². The average Bonchev–Trinajstić information content (AvgIpc) is 4.16. The van der Waals surface area contributed by atoms with E-state index >= 15 is 35.1 Å². The topological polar surface area (TPSA) is 57.4 Å². The molecule has 0 saturated carbocycles. The summed E-state index contributed by atoms with van der Waals surface area (Å²) in [6.07, 6.45) is 8.09. The Morgan fingerprint density at radius 1 is 0.246 bits per heavy atom. The van der Waals surface area contributed by atoms with Gasteiger partial charge in [0.1, 0.15) is 0 Å². The number of hydrogen-bond acceptors (Lipinski definition) is 2. The van der Waals surface area contributed by atoms with Crippen LogP contribution in [0.15, 0.2) is 48.5 Å². The van der Waals surface area contributed by atoms with Crippen molar-refractivity contribution in [3.8, 4) is 0 Å². The van der Waals surface area contributed by atoms with Crippen molar-refractivity contribution in [2.75, 3.05) is 0 Å². The molecule has 7 aromatic rings. The first kappa shape index (κ1) is 48.1. The third kappa shape index (κ3) is 7.68. The van der Waals surface area contributed by atoms with Crippen LogP contribution in [0.25, 0.3) is 46.4 Å². The molecule has 0 saturated heterocycles. The molecule has 3 aromatic heterocycles. The standard InChI is InChI=1S/C20H14N4.4C6F5.Fe/c1-2-14-10-16-5-6-18(23-16)12-20-8-7-19(24-20)11-17-4-3-15(22-17)9-13(1)21-14;4*7-2-1-3(8)5(10)6(11)4(2)9;/h1-12,21,24H;;;;;. The van der Waals surface area contributed by atoms with Gasteiger partial charge >= 0.3 is 235 Å². The maximum atomic E-state index is 15.4. The number of fused-ring (bicyclic) bond motifs is 8. The number of aromatic amines is 2. The molecule has 358 valence electrons. The summed E-state index contributed by atoms with van der Waals surface area (Å²) >= 11 is -8.34. The van der Waals surface area contributed by atoms with E-state index in [2.05, 4.69) is 44.2 Å². The number of hydrogen-bond donors (Lipinski definition) is 2. The van der Waals surface area contributed by atoms with Crippen molar-refractivity contribution in [3.05, 3.63) is 188 Å². The number of rotatable bonds is 4. The normalized spacial score (nSPS) is 12.5. The summed E-state index contributed by atoms with van der Waals surface area (Å²) in [6.45, 7) is 0. The van der Waals surface area contributed by atoms with E-state index in [0.29, 0.717) is 0 Å². The van der Waals surface area contributed by atoms with Gasteiger partial charge in [-0.1, -0.05) is 0 Å². The molecule has 69 heavy (non-hydrogen) atoms. The Hall–Kier alpha value is -7.40. The second kappa shape index (κ2) is 17.6. The summed E-state index contributed by atoms with van der Waals surface area (Å²) in [5, 5.41) is 0. The number of H-pyrrole nitrogens is 2. The summed E-state index contributed by atoms with van der Waals surface area (Å²) in [6, 6.07) is 16.4. The zero-order valence-corrected chi connectivity index (χ0v) is 33.8. The van der Waals surface area contributed by atoms with Crippen LogP contribution in [0.3, 0.4) is 0 Å². The van der Waals surface area contributed by atoms with Crippen LogP contribution in [-0.4, -0.2) is 19.9 Å². The predicted molar refractivity (Wildman–Crippen MR) is 202 cm³/mol. The fraction of sp³-hybridized carbons (Fsp3) is 0. The van der Waals surface area contributed by atoms with Gasteiger partial charge in [-0.25, -0.2) is 9.97 Å². The Morgan fingerprint density at radius 2 is 0.406 bits per heavy atom. The van der Waals surface area contributed by atoms with Crippen molar-refractivity contribution in [1.29, 1.82) is 0 Å². The molecule has 0 atom stereocenters. The molecule has 25 heteroatoms. The van der Waals surface area contributed by atoms with Gasteiger partial charge in [-0.2, -0.15) is 0 Å². The van der Waals surface area contributed by atoms with E-state index in [1.807, 2.05) is 48.6 Å². The van der Waals surface area contributed by atoms with Crippen LogP contribution >= 0.6 is 0 Å². The van der Waals surface area contributed by atoms with E-state index in [-0.39, 0.29) is 0 Å². The van der Waals surface area contributed by atoms with Gasteiger partial charge in [0.25, 0.3) is 0 Å². The van der Waals surface area contributed by atoms with Crippen LogP contribution in [0, 0.1) is 116 Å². The first-order valence-corrected chi connectivity index (χ1v) is 20.5. The molecule has 2 N–H and O–H groups in total. The van der Waals surface area contributed by atoms with Gasteiger partial charge in [0.15, 0.2) is 0 Å². The summed E-state index contributed by atoms with van der Waals surface area (Å²) in [5.41, 5.74) is 7.86. The molecule has 4 aromatic carbocycles. The molecular formula is C44H14F20FeN4. The first-order chi connectivity index (χ1) is 32.5. The van der Waals surface area contributed by atoms with Crippen molar-refractivity contribution in [2.45, 2.75) is 0 Å². The zero-order chi connectivity index (χ0) is 50.3. The van der Waals surface area contributed by atoms with Crippen molar-refractivity contribution in [3.63, 3.8) is 0 Å².